The number of hydrogen-bond acceptors (Lipinski definition) is 5. The zero-order valence-corrected chi connectivity index (χ0v) is 6.42. The zero-order chi connectivity index (χ0) is 8.81. The van der Waals surface area contributed by atoms with Crippen LogP contribution in [0, 0.1) is 0 Å². The molecule has 4 N–H and O–H groups in total. The SMILES string of the molecule is NNc1nccc(NCCF)n1. The molecule has 0 aromatic carbocycles. The first-order valence-corrected chi connectivity index (χ1v) is 3.46. The summed E-state index contributed by atoms with van der Waals surface area (Å²) in [6.45, 7) is -0.198. The van der Waals surface area contributed by atoms with Crippen LogP contribution in [0.3, 0.4) is 0 Å². The molecule has 5 nitrogen and oxygen atoms in total. The fourth-order valence-electron chi connectivity index (χ4n) is 0.702. The Morgan fingerprint density at radius 1 is 1.58 bits per heavy atom. The van der Waals surface area contributed by atoms with Gasteiger partial charge in [0.25, 0.3) is 0 Å². The standard InChI is InChI=1S/C6H10FN5/c7-2-4-9-5-1-3-10-6(11-5)12-8/h1,3H,2,4,8H2,(H2,9,10,11,12). The van der Waals surface area contributed by atoms with Crippen molar-refractivity contribution in [2.45, 2.75) is 0 Å². The third-order valence-corrected chi connectivity index (χ3v) is 1.19. The van der Waals surface area contributed by atoms with Gasteiger partial charge in [0, 0.05) is 12.7 Å². The number of nitrogens with one attached hydrogen (secondary N) is 2. The van der Waals surface area contributed by atoms with E-state index in [-0.39, 0.29) is 6.54 Å². The maximum absolute atomic E-state index is 11.7. The third kappa shape index (κ3) is 2.31. The zero-order valence-electron chi connectivity index (χ0n) is 6.42. The molecule has 0 aliphatic heterocycles. The second kappa shape index (κ2) is 4.45. The second-order valence-corrected chi connectivity index (χ2v) is 2.03. The lowest BCUT2D eigenvalue weighted by molar-refractivity contribution is 0.512. The van der Waals surface area contributed by atoms with E-state index in [1.165, 1.54) is 6.20 Å². The van der Waals surface area contributed by atoms with Gasteiger partial charge in [-0.1, -0.05) is 0 Å². The Labute approximate surface area is 69.2 Å². The molecule has 0 unspecified atom stereocenters. The van der Waals surface area contributed by atoms with Gasteiger partial charge in [0.1, 0.15) is 12.5 Å². The van der Waals surface area contributed by atoms with Gasteiger partial charge in [0.2, 0.25) is 5.95 Å². The highest BCUT2D eigenvalue weighted by atomic mass is 19.1. The molecule has 0 fully saturated rings. The molecule has 0 atom stereocenters. The van der Waals surface area contributed by atoms with Crippen LogP contribution in [0.5, 0.6) is 0 Å². The summed E-state index contributed by atoms with van der Waals surface area (Å²) in [4.78, 5) is 7.69. The number of hydrazine groups is 1. The largest absolute Gasteiger partial charge is 0.367 e. The smallest absolute Gasteiger partial charge is 0.239 e. The van der Waals surface area contributed by atoms with Crippen molar-refractivity contribution in [1.82, 2.24) is 9.97 Å². The van der Waals surface area contributed by atoms with Gasteiger partial charge in [-0.25, -0.2) is 15.2 Å². The number of nitrogens with zero attached hydrogens (tertiary/aromatic N) is 2. The molecule has 0 saturated heterocycles. The van der Waals surface area contributed by atoms with Crippen molar-refractivity contribution in [3.8, 4) is 0 Å². The number of alkyl halides is 1. The number of nitrogens with two attached hydrogens (primary N) is 1. The van der Waals surface area contributed by atoms with Gasteiger partial charge >= 0.3 is 0 Å². The van der Waals surface area contributed by atoms with Crippen molar-refractivity contribution in [1.29, 1.82) is 0 Å². The summed E-state index contributed by atoms with van der Waals surface area (Å²) in [6.07, 6.45) is 1.53. The molecule has 0 amide bonds. The molecule has 1 aromatic rings. The molecular weight excluding hydrogens is 161 g/mol. The van der Waals surface area contributed by atoms with Gasteiger partial charge in [-0.3, -0.25) is 5.43 Å². The van der Waals surface area contributed by atoms with Crippen molar-refractivity contribution in [2.75, 3.05) is 24.0 Å². The van der Waals surface area contributed by atoms with Gasteiger partial charge in [0.05, 0.1) is 0 Å². The Hall–Kier alpha value is -1.43. The summed E-state index contributed by atoms with van der Waals surface area (Å²) in [5, 5.41) is 2.75. The first kappa shape index (κ1) is 8.66. The highest BCUT2D eigenvalue weighted by Crippen LogP contribution is 2.03. The van der Waals surface area contributed by atoms with E-state index in [1.807, 2.05) is 0 Å². The van der Waals surface area contributed by atoms with Crippen LogP contribution in [0.2, 0.25) is 0 Å². The Balaban J connectivity index is 2.60. The normalized spacial score (nSPS) is 9.50. The number of aromatic nitrogens is 2. The molecule has 0 radical (unpaired) electrons. The third-order valence-electron chi connectivity index (χ3n) is 1.19. The molecule has 0 aliphatic carbocycles. The monoisotopic (exact) mass is 171 g/mol. The summed E-state index contributed by atoms with van der Waals surface area (Å²) in [7, 11) is 0. The van der Waals surface area contributed by atoms with Crippen LogP contribution in [0.1, 0.15) is 0 Å². The maximum Gasteiger partial charge on any atom is 0.239 e. The van der Waals surface area contributed by atoms with E-state index >= 15 is 0 Å². The number of hydrogen-bond donors (Lipinski definition) is 3. The number of halogens is 1. The van der Waals surface area contributed by atoms with E-state index in [0.29, 0.717) is 11.8 Å². The van der Waals surface area contributed by atoms with Crippen molar-refractivity contribution >= 4 is 11.8 Å². The molecule has 1 heterocycles. The van der Waals surface area contributed by atoms with Gasteiger partial charge in [0.15, 0.2) is 0 Å². The lowest BCUT2D eigenvalue weighted by Crippen LogP contribution is -2.12. The Morgan fingerprint density at radius 2 is 2.42 bits per heavy atom. The maximum atomic E-state index is 11.7. The summed E-state index contributed by atoms with van der Waals surface area (Å²) in [6, 6.07) is 1.64. The fraction of sp³-hybridized carbons (Fsp3) is 0.333. The number of nitrogen functional groups attached to an aromatic ring is 1. The van der Waals surface area contributed by atoms with Crippen LogP contribution in [-0.4, -0.2) is 23.2 Å². The summed E-state index contributed by atoms with van der Waals surface area (Å²) in [5.74, 6) is 5.93. The van der Waals surface area contributed by atoms with Crippen LogP contribution < -0.4 is 16.6 Å². The van der Waals surface area contributed by atoms with Crippen LogP contribution in [0.4, 0.5) is 16.2 Å². The predicted octanol–water partition coefficient (Wildman–Crippen LogP) is 0.144. The second-order valence-electron chi connectivity index (χ2n) is 2.03. The van der Waals surface area contributed by atoms with Crippen LogP contribution in [-0.2, 0) is 0 Å². The molecule has 66 valence electrons. The van der Waals surface area contributed by atoms with E-state index in [1.54, 1.807) is 6.07 Å². The van der Waals surface area contributed by atoms with Gasteiger partial charge < -0.3 is 5.32 Å². The van der Waals surface area contributed by atoms with Crippen LogP contribution >= 0.6 is 0 Å². The average molecular weight is 171 g/mol. The quantitative estimate of drug-likeness (QED) is 0.444. The highest BCUT2D eigenvalue weighted by molar-refractivity contribution is 5.38. The lowest BCUT2D eigenvalue weighted by atomic mass is 10.5. The van der Waals surface area contributed by atoms with Gasteiger partial charge in [-0.05, 0) is 6.07 Å². The molecule has 1 rings (SSSR count). The van der Waals surface area contributed by atoms with Gasteiger partial charge in [-0.2, -0.15) is 4.98 Å². The molecule has 1 aromatic heterocycles. The Bertz CT molecular complexity index is 241. The van der Waals surface area contributed by atoms with Crippen molar-refractivity contribution in [3.63, 3.8) is 0 Å². The minimum Gasteiger partial charge on any atom is -0.367 e. The molecule has 6 heteroatoms. The van der Waals surface area contributed by atoms with Crippen molar-refractivity contribution in [2.24, 2.45) is 5.84 Å². The lowest BCUT2D eigenvalue weighted by Gasteiger charge is -2.03. The molecular formula is C6H10FN5. The topological polar surface area (TPSA) is 75.9 Å². The van der Waals surface area contributed by atoms with E-state index < -0.39 is 6.67 Å². The van der Waals surface area contributed by atoms with E-state index in [2.05, 4.69) is 20.7 Å². The predicted molar refractivity (Wildman–Crippen MR) is 44.3 cm³/mol. The number of rotatable bonds is 4. The Morgan fingerprint density at radius 3 is 3.08 bits per heavy atom. The van der Waals surface area contributed by atoms with E-state index in [0.717, 1.165) is 0 Å². The first-order valence-electron chi connectivity index (χ1n) is 3.46. The summed E-state index contributed by atoms with van der Waals surface area (Å²) in [5.41, 5.74) is 2.29. The fourth-order valence-corrected chi connectivity index (χ4v) is 0.702. The van der Waals surface area contributed by atoms with Gasteiger partial charge in [-0.15, -0.1) is 0 Å². The van der Waals surface area contributed by atoms with Crippen molar-refractivity contribution in [3.05, 3.63) is 12.3 Å². The molecule has 0 bridgehead atoms. The molecule has 0 spiro atoms. The first-order chi connectivity index (χ1) is 5.86. The van der Waals surface area contributed by atoms with Crippen molar-refractivity contribution < 1.29 is 4.39 Å². The molecule has 0 aliphatic rings. The Kier molecular flexibility index (Phi) is 3.21. The summed E-state index contributed by atoms with van der Waals surface area (Å²) < 4.78 is 11.7. The average Bonchev–Trinajstić information content (AvgIpc) is 2.15. The molecule has 12 heavy (non-hydrogen) atoms. The van der Waals surface area contributed by atoms with E-state index in [4.69, 9.17) is 5.84 Å². The number of anilines is 2. The molecule has 0 saturated carbocycles. The van der Waals surface area contributed by atoms with Crippen LogP contribution in [0.15, 0.2) is 12.3 Å². The highest BCUT2D eigenvalue weighted by Gasteiger charge is 1.94. The van der Waals surface area contributed by atoms with E-state index in [9.17, 15) is 4.39 Å². The van der Waals surface area contributed by atoms with Crippen LogP contribution in [0.25, 0.3) is 0 Å². The minimum absolute atomic E-state index is 0.237. The summed E-state index contributed by atoms with van der Waals surface area (Å²) >= 11 is 0. The minimum atomic E-state index is -0.435.